The number of aromatic nitrogens is 3. The molecule has 0 saturated carbocycles. The summed E-state index contributed by atoms with van der Waals surface area (Å²) in [6.07, 6.45) is 9.93. The Hall–Kier alpha value is -2.89. The zero-order valence-corrected chi connectivity index (χ0v) is 14.2. The van der Waals surface area contributed by atoms with Crippen LogP contribution in [0.2, 0.25) is 0 Å². The van der Waals surface area contributed by atoms with Gasteiger partial charge in [0, 0.05) is 31.0 Å². The Bertz CT molecular complexity index is 886. The average Bonchev–Trinajstić information content (AvgIpc) is 3.12. The fourth-order valence-electron chi connectivity index (χ4n) is 3.27. The number of carbonyl (C=O) groups excluding carboxylic acids is 1. The fourth-order valence-corrected chi connectivity index (χ4v) is 3.27. The minimum Gasteiger partial charge on any atom is -0.362 e. The van der Waals surface area contributed by atoms with Gasteiger partial charge in [0.15, 0.2) is 5.82 Å². The molecule has 25 heavy (non-hydrogen) atoms. The van der Waals surface area contributed by atoms with Crippen molar-refractivity contribution in [3.63, 3.8) is 0 Å². The normalized spacial score (nSPS) is 16.2. The van der Waals surface area contributed by atoms with Crippen molar-refractivity contribution >= 4 is 22.9 Å². The van der Waals surface area contributed by atoms with E-state index in [0.717, 1.165) is 42.0 Å². The van der Waals surface area contributed by atoms with Gasteiger partial charge in [-0.15, -0.1) is 0 Å². The number of hydrogen-bond donors (Lipinski definition) is 1. The van der Waals surface area contributed by atoms with Crippen molar-refractivity contribution in [1.29, 1.82) is 0 Å². The number of amides is 1. The average molecular weight is 335 g/mol. The molecule has 3 heterocycles. The van der Waals surface area contributed by atoms with E-state index in [1.54, 1.807) is 18.7 Å². The van der Waals surface area contributed by atoms with Gasteiger partial charge in [-0.25, -0.2) is 9.97 Å². The van der Waals surface area contributed by atoms with Crippen LogP contribution in [-0.4, -0.2) is 26.8 Å². The molecule has 2 aromatic heterocycles. The summed E-state index contributed by atoms with van der Waals surface area (Å²) in [6, 6.07) is 8.31. The number of imidazole rings is 1. The molecule has 0 aliphatic carbocycles. The van der Waals surface area contributed by atoms with Crippen molar-refractivity contribution in [2.24, 2.45) is 0 Å². The van der Waals surface area contributed by atoms with Gasteiger partial charge in [-0.05, 0) is 37.5 Å². The third-order valence-corrected chi connectivity index (χ3v) is 4.72. The number of anilines is 2. The third-order valence-electron chi connectivity index (χ3n) is 4.72. The highest BCUT2D eigenvalue weighted by atomic mass is 16.2. The molecule has 6 heteroatoms. The molecule has 4 rings (SSSR count). The standard InChI is InChI=1S/C19H21N5O/c1-14(22-19-17-12-20-13-23(17)11-9-21-19)15-5-7-16(8-6-15)24-10-3-2-4-18(24)25/h5-9,11-14H,2-4,10H2,1H3,(H,21,22). The highest BCUT2D eigenvalue weighted by molar-refractivity contribution is 5.93. The molecule has 1 unspecified atom stereocenters. The molecule has 0 bridgehead atoms. The minimum atomic E-state index is 0.0970. The smallest absolute Gasteiger partial charge is 0.226 e. The molecule has 1 atom stereocenters. The molecule has 0 radical (unpaired) electrons. The summed E-state index contributed by atoms with van der Waals surface area (Å²) >= 11 is 0. The van der Waals surface area contributed by atoms with Gasteiger partial charge in [-0.1, -0.05) is 12.1 Å². The van der Waals surface area contributed by atoms with E-state index in [1.807, 2.05) is 27.6 Å². The summed E-state index contributed by atoms with van der Waals surface area (Å²) in [5.74, 6) is 1.03. The minimum absolute atomic E-state index is 0.0970. The molecule has 128 valence electrons. The Balaban J connectivity index is 1.51. The molecule has 6 nitrogen and oxygen atoms in total. The van der Waals surface area contributed by atoms with Crippen molar-refractivity contribution in [3.05, 3.63) is 54.7 Å². The summed E-state index contributed by atoms with van der Waals surface area (Å²) in [4.78, 5) is 22.5. The third kappa shape index (κ3) is 3.07. The Morgan fingerprint density at radius 2 is 2.04 bits per heavy atom. The maximum Gasteiger partial charge on any atom is 0.226 e. The topological polar surface area (TPSA) is 62.5 Å². The lowest BCUT2D eigenvalue weighted by molar-refractivity contribution is -0.119. The second-order valence-electron chi connectivity index (χ2n) is 6.42. The van der Waals surface area contributed by atoms with Gasteiger partial charge in [0.2, 0.25) is 5.91 Å². The SMILES string of the molecule is CC(Nc1nccn2cncc12)c1ccc(N2CCCCC2=O)cc1. The van der Waals surface area contributed by atoms with E-state index < -0.39 is 0 Å². The van der Waals surface area contributed by atoms with Crippen LogP contribution in [0.5, 0.6) is 0 Å². The zero-order chi connectivity index (χ0) is 17.2. The summed E-state index contributed by atoms with van der Waals surface area (Å²) in [5.41, 5.74) is 3.08. The van der Waals surface area contributed by atoms with Crippen LogP contribution in [0.4, 0.5) is 11.5 Å². The Kier molecular flexibility index (Phi) is 4.09. The summed E-state index contributed by atoms with van der Waals surface area (Å²) in [6.45, 7) is 2.92. The van der Waals surface area contributed by atoms with Crippen LogP contribution < -0.4 is 10.2 Å². The van der Waals surface area contributed by atoms with E-state index in [2.05, 4.69) is 34.3 Å². The van der Waals surface area contributed by atoms with Gasteiger partial charge < -0.3 is 14.6 Å². The van der Waals surface area contributed by atoms with Crippen LogP contribution in [-0.2, 0) is 4.79 Å². The maximum atomic E-state index is 12.1. The number of nitrogens with zero attached hydrogens (tertiary/aromatic N) is 4. The number of benzene rings is 1. The van der Waals surface area contributed by atoms with E-state index >= 15 is 0 Å². The summed E-state index contributed by atoms with van der Waals surface area (Å²) < 4.78 is 1.94. The second kappa shape index (κ2) is 6.55. The van der Waals surface area contributed by atoms with Crippen molar-refractivity contribution in [2.45, 2.75) is 32.2 Å². The molecule has 0 spiro atoms. The van der Waals surface area contributed by atoms with Crippen molar-refractivity contribution in [3.8, 4) is 0 Å². The van der Waals surface area contributed by atoms with Crippen LogP contribution in [0.15, 0.2) is 49.2 Å². The lowest BCUT2D eigenvalue weighted by atomic mass is 10.1. The number of fused-ring (bicyclic) bond motifs is 1. The lowest BCUT2D eigenvalue weighted by Crippen LogP contribution is -2.35. The quantitative estimate of drug-likeness (QED) is 0.793. The molecule has 1 fully saturated rings. The van der Waals surface area contributed by atoms with E-state index in [-0.39, 0.29) is 11.9 Å². The van der Waals surface area contributed by atoms with E-state index in [4.69, 9.17) is 0 Å². The molecule has 1 aliphatic rings. The monoisotopic (exact) mass is 335 g/mol. The van der Waals surface area contributed by atoms with Crippen LogP contribution in [0.3, 0.4) is 0 Å². The van der Waals surface area contributed by atoms with Gasteiger partial charge in [0.1, 0.15) is 5.52 Å². The second-order valence-corrected chi connectivity index (χ2v) is 6.42. The van der Waals surface area contributed by atoms with Crippen LogP contribution in [0, 0.1) is 0 Å². The summed E-state index contributed by atoms with van der Waals surface area (Å²) in [7, 11) is 0. The highest BCUT2D eigenvalue weighted by Crippen LogP contribution is 2.25. The highest BCUT2D eigenvalue weighted by Gasteiger charge is 2.19. The molecular formula is C19H21N5O. The van der Waals surface area contributed by atoms with Crippen LogP contribution >= 0.6 is 0 Å². The van der Waals surface area contributed by atoms with Gasteiger partial charge in [-0.3, -0.25) is 4.79 Å². The number of nitrogens with one attached hydrogen (secondary N) is 1. The molecular weight excluding hydrogens is 314 g/mol. The molecule has 1 saturated heterocycles. The molecule has 1 aromatic carbocycles. The Morgan fingerprint density at radius 1 is 1.20 bits per heavy atom. The fraction of sp³-hybridized carbons (Fsp3) is 0.316. The molecule has 1 aliphatic heterocycles. The number of rotatable bonds is 4. The van der Waals surface area contributed by atoms with Gasteiger partial charge in [-0.2, -0.15) is 0 Å². The largest absolute Gasteiger partial charge is 0.362 e. The summed E-state index contributed by atoms with van der Waals surface area (Å²) in [5, 5.41) is 3.44. The van der Waals surface area contributed by atoms with Gasteiger partial charge in [0.05, 0.1) is 18.6 Å². The van der Waals surface area contributed by atoms with Gasteiger partial charge in [0.25, 0.3) is 0 Å². The first-order chi connectivity index (χ1) is 12.2. The number of carbonyl (C=O) groups is 1. The first kappa shape index (κ1) is 15.6. The maximum absolute atomic E-state index is 12.1. The van der Waals surface area contributed by atoms with Crippen molar-refractivity contribution in [1.82, 2.24) is 14.4 Å². The zero-order valence-electron chi connectivity index (χ0n) is 14.2. The van der Waals surface area contributed by atoms with Crippen LogP contribution in [0.1, 0.15) is 37.8 Å². The Labute approximate surface area is 146 Å². The van der Waals surface area contributed by atoms with E-state index in [1.165, 1.54) is 0 Å². The van der Waals surface area contributed by atoms with Crippen LogP contribution in [0.25, 0.3) is 5.52 Å². The lowest BCUT2D eigenvalue weighted by Gasteiger charge is -2.27. The predicted octanol–water partition coefficient (Wildman–Crippen LogP) is 3.42. The molecule has 1 amide bonds. The predicted molar refractivity (Wildman–Crippen MR) is 97.7 cm³/mol. The first-order valence-corrected chi connectivity index (χ1v) is 8.66. The first-order valence-electron chi connectivity index (χ1n) is 8.66. The Morgan fingerprint density at radius 3 is 2.84 bits per heavy atom. The van der Waals surface area contributed by atoms with Crippen molar-refractivity contribution in [2.75, 3.05) is 16.8 Å². The number of piperidine rings is 1. The van der Waals surface area contributed by atoms with E-state index in [9.17, 15) is 4.79 Å². The molecule has 1 N–H and O–H groups in total. The van der Waals surface area contributed by atoms with Gasteiger partial charge >= 0.3 is 0 Å². The van der Waals surface area contributed by atoms with E-state index in [0.29, 0.717) is 6.42 Å². The molecule has 3 aromatic rings. The van der Waals surface area contributed by atoms with Crippen molar-refractivity contribution < 1.29 is 4.79 Å². The number of hydrogen-bond acceptors (Lipinski definition) is 4.